The number of carbonyl (C=O) groups excluding carboxylic acids is 1. The molecule has 0 unspecified atom stereocenters. The number of cyclic esters (lactones) is 1. The number of amidine groups is 1. The molecule has 1 fully saturated rings. The lowest BCUT2D eigenvalue weighted by Gasteiger charge is -2.45. The van der Waals surface area contributed by atoms with Crippen LogP contribution in [0.4, 0.5) is 4.79 Å². The number of nitrogens with zero attached hydrogens (tertiary/aromatic N) is 2. The average Bonchev–Trinajstić information content (AvgIpc) is 2.72. The van der Waals surface area contributed by atoms with Gasteiger partial charge >= 0.3 is 6.09 Å². The lowest BCUT2D eigenvalue weighted by molar-refractivity contribution is -0.101. The molecule has 2 atom stereocenters. The molecule has 7 nitrogen and oxygen atoms in total. The predicted octanol–water partition coefficient (Wildman–Crippen LogP) is 3.74. The highest BCUT2D eigenvalue weighted by Crippen LogP contribution is 2.42. The Hall–Kier alpha value is -3.06. The van der Waals surface area contributed by atoms with Crippen LogP contribution in [-0.4, -0.2) is 39.3 Å². The predicted molar refractivity (Wildman–Crippen MR) is 114 cm³/mol. The third-order valence-corrected chi connectivity index (χ3v) is 5.56. The summed E-state index contributed by atoms with van der Waals surface area (Å²) in [5, 5.41) is 22.3. The molecule has 0 bridgehead atoms. The molecule has 0 radical (unpaired) electrons. The number of hydrogen-bond donors (Lipinski definition) is 3. The molecule has 0 aliphatic carbocycles. The minimum atomic E-state index is -0.992. The van der Waals surface area contributed by atoms with Crippen molar-refractivity contribution in [3.8, 4) is 0 Å². The third-order valence-electron chi connectivity index (χ3n) is 5.56. The first-order valence-electron chi connectivity index (χ1n) is 10.0. The number of carbonyl (C=O) groups is 1. The number of nitrogens with two attached hydrogens (primary N) is 1. The normalized spacial score (nSPS) is 21.3. The van der Waals surface area contributed by atoms with Crippen molar-refractivity contribution in [2.24, 2.45) is 10.9 Å². The van der Waals surface area contributed by atoms with Crippen LogP contribution in [0.15, 0.2) is 59.8 Å². The highest BCUT2D eigenvalue weighted by Gasteiger charge is 2.46. The summed E-state index contributed by atoms with van der Waals surface area (Å²) in [4.78, 5) is 14.7. The highest BCUT2D eigenvalue weighted by atomic mass is 16.6. The monoisotopic (exact) mass is 411 g/mol. The van der Waals surface area contributed by atoms with Crippen molar-refractivity contribution in [2.45, 2.75) is 50.9 Å². The fraction of sp³-hybridized carbons (Fsp3) is 0.391. The van der Waals surface area contributed by atoms with Crippen LogP contribution in [0.1, 0.15) is 56.3 Å². The van der Waals surface area contributed by atoms with Crippen molar-refractivity contribution in [1.82, 2.24) is 4.90 Å². The molecule has 3 rings (SSSR count). The largest absolute Gasteiger partial charge is 0.438 e. The van der Waals surface area contributed by atoms with Crippen LogP contribution in [0.5, 0.6) is 0 Å². The number of ether oxygens (including phenoxy) is 1. The molecule has 7 heteroatoms. The van der Waals surface area contributed by atoms with Crippen LogP contribution in [-0.2, 0) is 10.3 Å². The fourth-order valence-corrected chi connectivity index (χ4v) is 4.06. The van der Waals surface area contributed by atoms with E-state index in [0.717, 1.165) is 11.1 Å². The summed E-state index contributed by atoms with van der Waals surface area (Å²) in [5.41, 5.74) is 6.15. The van der Waals surface area contributed by atoms with Crippen LogP contribution in [0.25, 0.3) is 0 Å². The Labute approximate surface area is 176 Å². The van der Waals surface area contributed by atoms with Crippen LogP contribution in [0, 0.1) is 0 Å². The Bertz CT molecular complexity index is 906. The van der Waals surface area contributed by atoms with Crippen LogP contribution >= 0.6 is 0 Å². The number of benzene rings is 2. The zero-order valence-electron chi connectivity index (χ0n) is 17.6. The third kappa shape index (κ3) is 4.57. The topological polar surface area (TPSA) is 108 Å². The van der Waals surface area contributed by atoms with Gasteiger partial charge in [-0.2, -0.15) is 0 Å². The second kappa shape index (κ2) is 8.36. The van der Waals surface area contributed by atoms with Gasteiger partial charge in [-0.15, -0.1) is 0 Å². The zero-order valence-corrected chi connectivity index (χ0v) is 17.6. The van der Waals surface area contributed by atoms with Gasteiger partial charge in [0.05, 0.1) is 11.6 Å². The van der Waals surface area contributed by atoms with Gasteiger partial charge in [-0.1, -0.05) is 59.8 Å². The Morgan fingerprint density at radius 1 is 1.23 bits per heavy atom. The molecule has 1 amide bonds. The van der Waals surface area contributed by atoms with Crippen molar-refractivity contribution >= 4 is 11.9 Å². The lowest BCUT2D eigenvalue weighted by Crippen LogP contribution is -2.51. The van der Waals surface area contributed by atoms with E-state index in [1.807, 2.05) is 49.4 Å². The second-order valence-electron chi connectivity index (χ2n) is 8.44. The summed E-state index contributed by atoms with van der Waals surface area (Å²) in [7, 11) is 0. The first kappa shape index (κ1) is 21.6. The first-order chi connectivity index (χ1) is 14.1. The van der Waals surface area contributed by atoms with Crippen molar-refractivity contribution in [1.29, 1.82) is 0 Å². The molecule has 2 aromatic carbocycles. The highest BCUT2D eigenvalue weighted by molar-refractivity contribution is 5.97. The van der Waals surface area contributed by atoms with Gasteiger partial charge in [-0.05, 0) is 31.9 Å². The van der Waals surface area contributed by atoms with E-state index in [0.29, 0.717) is 24.9 Å². The lowest BCUT2D eigenvalue weighted by atomic mass is 9.80. The molecule has 4 N–H and O–H groups in total. The standard InChI is InChI=1S/C23H29N3O4/c1-16(17-9-11-18(12-10-17)20(24)25-29)26-14-13-23(30-21(26)27,15-22(2,3)28)19-7-5-4-6-8-19/h4-12,16,28-29H,13-15H2,1-3H3,(H2,24,25)/t16-,23-/m0/s1. The van der Waals surface area contributed by atoms with Gasteiger partial charge in [0.15, 0.2) is 5.84 Å². The van der Waals surface area contributed by atoms with Gasteiger partial charge in [-0.25, -0.2) is 4.79 Å². The summed E-state index contributed by atoms with van der Waals surface area (Å²) in [6, 6.07) is 16.6. The minimum Gasteiger partial charge on any atom is -0.438 e. The number of rotatable bonds is 6. The quantitative estimate of drug-likeness (QED) is 0.290. The maximum Gasteiger partial charge on any atom is 0.411 e. The van der Waals surface area contributed by atoms with E-state index in [-0.39, 0.29) is 11.9 Å². The van der Waals surface area contributed by atoms with Crippen LogP contribution in [0.2, 0.25) is 0 Å². The van der Waals surface area contributed by atoms with E-state index in [1.54, 1.807) is 30.9 Å². The maximum absolute atomic E-state index is 13.1. The minimum absolute atomic E-state index is 0.0332. The smallest absolute Gasteiger partial charge is 0.411 e. The van der Waals surface area contributed by atoms with Gasteiger partial charge in [-0.3, -0.25) is 0 Å². The van der Waals surface area contributed by atoms with E-state index in [2.05, 4.69) is 5.16 Å². The molecule has 0 spiro atoms. The molecule has 30 heavy (non-hydrogen) atoms. The Morgan fingerprint density at radius 2 is 1.87 bits per heavy atom. The summed E-state index contributed by atoms with van der Waals surface area (Å²) in [6.07, 6.45) is 0.466. The van der Waals surface area contributed by atoms with Gasteiger partial charge in [0.1, 0.15) is 5.60 Å². The van der Waals surface area contributed by atoms with Gasteiger partial charge in [0.2, 0.25) is 0 Å². The van der Waals surface area contributed by atoms with Crippen molar-refractivity contribution in [2.75, 3.05) is 6.54 Å². The number of amides is 1. The molecule has 2 aromatic rings. The first-order valence-corrected chi connectivity index (χ1v) is 10.0. The van der Waals surface area contributed by atoms with Crippen molar-refractivity contribution in [3.63, 3.8) is 0 Å². The molecular formula is C23H29N3O4. The van der Waals surface area contributed by atoms with Crippen LogP contribution < -0.4 is 5.73 Å². The second-order valence-corrected chi connectivity index (χ2v) is 8.44. The Kier molecular flexibility index (Phi) is 6.03. The van der Waals surface area contributed by atoms with Crippen molar-refractivity contribution < 1.29 is 19.8 Å². The van der Waals surface area contributed by atoms with Gasteiger partial charge in [0.25, 0.3) is 0 Å². The fourth-order valence-electron chi connectivity index (χ4n) is 4.06. The Balaban J connectivity index is 1.82. The molecule has 0 aromatic heterocycles. The number of oxime groups is 1. The van der Waals surface area contributed by atoms with E-state index >= 15 is 0 Å². The van der Waals surface area contributed by atoms with E-state index in [9.17, 15) is 9.90 Å². The molecule has 160 valence electrons. The molecule has 1 aliphatic heterocycles. The SMILES string of the molecule is C[C@@H](c1ccc(/C(N)=N/O)cc1)N1CC[C@](CC(C)(C)O)(c2ccccc2)OC1=O. The summed E-state index contributed by atoms with van der Waals surface area (Å²) >= 11 is 0. The van der Waals surface area contributed by atoms with E-state index in [4.69, 9.17) is 15.7 Å². The molecule has 0 saturated carbocycles. The number of hydrogen-bond acceptors (Lipinski definition) is 5. The van der Waals surface area contributed by atoms with Crippen molar-refractivity contribution in [3.05, 3.63) is 71.3 Å². The zero-order chi connectivity index (χ0) is 21.9. The summed E-state index contributed by atoms with van der Waals surface area (Å²) in [6.45, 7) is 5.88. The maximum atomic E-state index is 13.1. The average molecular weight is 412 g/mol. The molecule has 1 saturated heterocycles. The summed E-state index contributed by atoms with van der Waals surface area (Å²) < 4.78 is 6.03. The molecule has 1 heterocycles. The van der Waals surface area contributed by atoms with E-state index in [1.165, 1.54) is 0 Å². The molecule has 1 aliphatic rings. The van der Waals surface area contributed by atoms with Crippen LogP contribution in [0.3, 0.4) is 0 Å². The summed E-state index contributed by atoms with van der Waals surface area (Å²) in [5.74, 6) is 0.0332. The Morgan fingerprint density at radius 3 is 2.40 bits per heavy atom. The van der Waals surface area contributed by atoms with Gasteiger partial charge < -0.3 is 25.7 Å². The van der Waals surface area contributed by atoms with E-state index < -0.39 is 17.3 Å². The molecular weight excluding hydrogens is 382 g/mol. The van der Waals surface area contributed by atoms with Gasteiger partial charge in [0, 0.05) is 24.9 Å². The number of aliphatic hydroxyl groups is 1.